The summed E-state index contributed by atoms with van der Waals surface area (Å²) in [6.45, 7) is 0. The van der Waals surface area contributed by atoms with E-state index in [9.17, 15) is 9.59 Å². The van der Waals surface area contributed by atoms with Crippen molar-refractivity contribution < 1.29 is 9.59 Å². The molecule has 3 rings (SSSR count). The predicted molar refractivity (Wildman–Crippen MR) is 96.7 cm³/mol. The third-order valence-corrected chi connectivity index (χ3v) is 4.56. The molecule has 6 heteroatoms. The summed E-state index contributed by atoms with van der Waals surface area (Å²) in [5.41, 5.74) is 0.958. The van der Waals surface area contributed by atoms with Crippen molar-refractivity contribution in [2.24, 2.45) is 0 Å². The maximum absolute atomic E-state index is 12.3. The topological polar surface area (TPSA) is 71.1 Å². The third kappa shape index (κ3) is 4.79. The van der Waals surface area contributed by atoms with Crippen LogP contribution in [0.15, 0.2) is 48.7 Å². The molecule has 1 heterocycles. The standard InChI is InChI=1S/C19H20ClN3O2/c20-14-6-3-5-13(11-14)18(24)22-15-7-4-8-16(12-15)23-19(25)17-9-1-2-10-21-17/h1-3,5-6,9-11,15-16H,4,7-8,12H2,(H,22,24)(H,23,25)/t15-,16-/m1/s1. The lowest BCUT2D eigenvalue weighted by Gasteiger charge is -2.30. The molecule has 0 saturated heterocycles. The van der Waals surface area contributed by atoms with Crippen molar-refractivity contribution in [3.05, 3.63) is 64.9 Å². The monoisotopic (exact) mass is 357 g/mol. The summed E-state index contributed by atoms with van der Waals surface area (Å²) < 4.78 is 0. The number of hydrogen-bond donors (Lipinski definition) is 2. The lowest BCUT2D eigenvalue weighted by molar-refractivity contribution is 0.0900. The number of nitrogens with one attached hydrogen (secondary N) is 2. The summed E-state index contributed by atoms with van der Waals surface area (Å²) in [4.78, 5) is 28.6. The van der Waals surface area contributed by atoms with Crippen molar-refractivity contribution in [1.82, 2.24) is 15.6 Å². The fourth-order valence-electron chi connectivity index (χ4n) is 3.11. The molecule has 2 N–H and O–H groups in total. The highest BCUT2D eigenvalue weighted by molar-refractivity contribution is 6.30. The van der Waals surface area contributed by atoms with E-state index < -0.39 is 0 Å². The number of hydrogen-bond acceptors (Lipinski definition) is 3. The van der Waals surface area contributed by atoms with Crippen LogP contribution in [0.2, 0.25) is 5.02 Å². The molecule has 5 nitrogen and oxygen atoms in total. The molecule has 0 spiro atoms. The van der Waals surface area contributed by atoms with E-state index in [0.717, 1.165) is 19.3 Å². The van der Waals surface area contributed by atoms with E-state index in [2.05, 4.69) is 15.6 Å². The molecule has 0 aliphatic heterocycles. The Kier molecular flexibility index (Phi) is 5.66. The van der Waals surface area contributed by atoms with Crippen molar-refractivity contribution in [2.45, 2.75) is 37.8 Å². The second-order valence-corrected chi connectivity index (χ2v) is 6.67. The minimum atomic E-state index is -0.174. The molecule has 0 unspecified atom stereocenters. The largest absolute Gasteiger partial charge is 0.349 e. The van der Waals surface area contributed by atoms with E-state index in [4.69, 9.17) is 11.6 Å². The number of aromatic nitrogens is 1. The van der Waals surface area contributed by atoms with Gasteiger partial charge >= 0.3 is 0 Å². The molecule has 2 amide bonds. The first-order valence-corrected chi connectivity index (χ1v) is 8.78. The first-order valence-electron chi connectivity index (χ1n) is 8.40. The van der Waals surface area contributed by atoms with Crippen molar-refractivity contribution in [3.8, 4) is 0 Å². The van der Waals surface area contributed by atoms with Crippen LogP contribution in [0.5, 0.6) is 0 Å². The van der Waals surface area contributed by atoms with Crippen LogP contribution in [0.3, 0.4) is 0 Å². The number of halogens is 1. The van der Waals surface area contributed by atoms with Gasteiger partial charge in [0, 0.05) is 28.9 Å². The number of carbonyl (C=O) groups is 2. The number of nitrogens with zero attached hydrogens (tertiary/aromatic N) is 1. The summed E-state index contributed by atoms with van der Waals surface area (Å²) in [7, 11) is 0. The van der Waals surface area contributed by atoms with Gasteiger partial charge in [0.05, 0.1) is 0 Å². The van der Waals surface area contributed by atoms with Crippen LogP contribution < -0.4 is 10.6 Å². The van der Waals surface area contributed by atoms with Crippen molar-refractivity contribution in [1.29, 1.82) is 0 Å². The van der Waals surface area contributed by atoms with Crippen LogP contribution in [0.25, 0.3) is 0 Å². The van der Waals surface area contributed by atoms with Crippen molar-refractivity contribution >= 4 is 23.4 Å². The van der Waals surface area contributed by atoms with E-state index in [0.29, 0.717) is 22.7 Å². The third-order valence-electron chi connectivity index (χ3n) is 4.33. The second-order valence-electron chi connectivity index (χ2n) is 6.23. The van der Waals surface area contributed by atoms with Gasteiger partial charge in [-0.25, -0.2) is 0 Å². The summed E-state index contributed by atoms with van der Waals surface area (Å²) in [6.07, 6.45) is 5.08. The Morgan fingerprint density at radius 1 is 1.00 bits per heavy atom. The minimum Gasteiger partial charge on any atom is -0.349 e. The van der Waals surface area contributed by atoms with Gasteiger partial charge < -0.3 is 10.6 Å². The fourth-order valence-corrected chi connectivity index (χ4v) is 3.30. The van der Waals surface area contributed by atoms with E-state index in [1.165, 1.54) is 0 Å². The number of rotatable bonds is 4. The zero-order valence-electron chi connectivity index (χ0n) is 13.7. The number of amides is 2. The highest BCUT2D eigenvalue weighted by Gasteiger charge is 2.25. The Bertz CT molecular complexity index is 751. The number of pyridine rings is 1. The molecule has 1 aliphatic rings. The Morgan fingerprint density at radius 3 is 2.44 bits per heavy atom. The Morgan fingerprint density at radius 2 is 1.76 bits per heavy atom. The molecular formula is C19H20ClN3O2. The van der Waals surface area contributed by atoms with Crippen LogP contribution in [0.1, 0.15) is 46.5 Å². The molecule has 1 aromatic heterocycles. The number of carbonyl (C=O) groups excluding carboxylic acids is 2. The van der Waals surface area contributed by atoms with Gasteiger partial charge in [0.1, 0.15) is 5.69 Å². The maximum Gasteiger partial charge on any atom is 0.270 e. The second kappa shape index (κ2) is 8.12. The highest BCUT2D eigenvalue weighted by atomic mass is 35.5. The summed E-state index contributed by atoms with van der Waals surface area (Å²) in [5.74, 6) is -0.309. The number of benzene rings is 1. The van der Waals surface area contributed by atoms with Gasteiger partial charge in [-0.05, 0) is 56.0 Å². The van der Waals surface area contributed by atoms with Crippen LogP contribution in [-0.4, -0.2) is 28.9 Å². The van der Waals surface area contributed by atoms with E-state index in [-0.39, 0.29) is 23.9 Å². The summed E-state index contributed by atoms with van der Waals surface area (Å²) in [6, 6.07) is 12.2. The fraction of sp³-hybridized carbons (Fsp3) is 0.316. The molecule has 130 valence electrons. The summed E-state index contributed by atoms with van der Waals surface area (Å²) >= 11 is 5.94. The average Bonchev–Trinajstić information content (AvgIpc) is 2.63. The quantitative estimate of drug-likeness (QED) is 0.882. The minimum absolute atomic E-state index is 0.0351. The predicted octanol–water partition coefficient (Wildman–Crippen LogP) is 3.21. The van der Waals surface area contributed by atoms with E-state index >= 15 is 0 Å². The lowest BCUT2D eigenvalue weighted by Crippen LogP contribution is -2.45. The molecule has 0 bridgehead atoms. The highest BCUT2D eigenvalue weighted by Crippen LogP contribution is 2.20. The van der Waals surface area contributed by atoms with E-state index in [1.54, 1.807) is 48.7 Å². The first-order chi connectivity index (χ1) is 12.1. The Balaban J connectivity index is 1.56. The smallest absolute Gasteiger partial charge is 0.270 e. The van der Waals surface area contributed by atoms with Gasteiger partial charge in [-0.3, -0.25) is 14.6 Å². The SMILES string of the molecule is O=C(N[C@@H]1CCC[C@@H](NC(=O)c2ccccn2)C1)c1cccc(Cl)c1. The summed E-state index contributed by atoms with van der Waals surface area (Å²) in [5, 5.41) is 6.59. The van der Waals surface area contributed by atoms with Gasteiger partial charge in [-0.15, -0.1) is 0 Å². The Labute approximate surface area is 151 Å². The zero-order chi connectivity index (χ0) is 17.6. The van der Waals surface area contributed by atoms with Gasteiger partial charge in [0.15, 0.2) is 0 Å². The van der Waals surface area contributed by atoms with Crippen LogP contribution in [0, 0.1) is 0 Å². The average molecular weight is 358 g/mol. The van der Waals surface area contributed by atoms with Gasteiger partial charge in [-0.1, -0.05) is 23.7 Å². The van der Waals surface area contributed by atoms with E-state index in [1.807, 2.05) is 0 Å². The zero-order valence-corrected chi connectivity index (χ0v) is 14.5. The van der Waals surface area contributed by atoms with Crippen LogP contribution in [0.4, 0.5) is 0 Å². The van der Waals surface area contributed by atoms with Crippen LogP contribution >= 0.6 is 11.6 Å². The normalized spacial score (nSPS) is 19.9. The van der Waals surface area contributed by atoms with Crippen molar-refractivity contribution in [2.75, 3.05) is 0 Å². The Hall–Kier alpha value is -2.40. The van der Waals surface area contributed by atoms with Crippen LogP contribution in [-0.2, 0) is 0 Å². The van der Waals surface area contributed by atoms with Gasteiger partial charge in [0.2, 0.25) is 0 Å². The molecule has 1 saturated carbocycles. The van der Waals surface area contributed by atoms with Gasteiger partial charge in [-0.2, -0.15) is 0 Å². The molecule has 1 aromatic carbocycles. The molecule has 1 aliphatic carbocycles. The molecule has 2 atom stereocenters. The molecule has 2 aromatic rings. The molecular weight excluding hydrogens is 338 g/mol. The first kappa shape index (κ1) is 17.4. The lowest BCUT2D eigenvalue weighted by atomic mass is 9.90. The van der Waals surface area contributed by atoms with Gasteiger partial charge in [0.25, 0.3) is 11.8 Å². The molecule has 0 radical (unpaired) electrons. The van der Waals surface area contributed by atoms with Crippen molar-refractivity contribution in [3.63, 3.8) is 0 Å². The maximum atomic E-state index is 12.3. The molecule has 1 fully saturated rings. The molecule has 25 heavy (non-hydrogen) atoms.